The number of rotatable bonds is 6. The third-order valence-electron chi connectivity index (χ3n) is 2.50. The molecule has 2 nitrogen and oxygen atoms in total. The molecular formula is C10H23NO. The van der Waals surface area contributed by atoms with Gasteiger partial charge in [0, 0.05) is 19.8 Å². The predicted octanol–water partition coefficient (Wildman–Crippen LogP) is 2.03. The second kappa shape index (κ2) is 6.44. The van der Waals surface area contributed by atoms with Gasteiger partial charge in [-0.2, -0.15) is 0 Å². The van der Waals surface area contributed by atoms with Crippen LogP contribution in [0.3, 0.4) is 0 Å². The Balaban J connectivity index is 3.59. The van der Waals surface area contributed by atoms with Crippen LogP contribution >= 0.6 is 0 Å². The molecule has 0 aromatic rings. The van der Waals surface area contributed by atoms with E-state index in [1.165, 1.54) is 6.42 Å². The van der Waals surface area contributed by atoms with Crippen LogP contribution in [-0.2, 0) is 4.74 Å². The zero-order chi connectivity index (χ0) is 9.56. The molecule has 0 rings (SSSR count). The van der Waals surface area contributed by atoms with Crippen molar-refractivity contribution in [3.05, 3.63) is 0 Å². The molecule has 0 aliphatic rings. The highest BCUT2D eigenvalue weighted by Gasteiger charge is 2.13. The second-order valence-electron chi connectivity index (χ2n) is 3.85. The van der Waals surface area contributed by atoms with Gasteiger partial charge in [0.1, 0.15) is 0 Å². The van der Waals surface area contributed by atoms with Crippen LogP contribution in [0.4, 0.5) is 0 Å². The average molecular weight is 173 g/mol. The van der Waals surface area contributed by atoms with E-state index in [-0.39, 0.29) is 0 Å². The Morgan fingerprint density at radius 2 is 1.92 bits per heavy atom. The Morgan fingerprint density at radius 3 is 2.33 bits per heavy atom. The summed E-state index contributed by atoms with van der Waals surface area (Å²) in [6, 6.07) is 0.333. The first-order chi connectivity index (χ1) is 5.61. The molecule has 0 fully saturated rings. The molecular weight excluding hydrogens is 150 g/mol. The van der Waals surface area contributed by atoms with E-state index in [0.29, 0.717) is 17.9 Å². The van der Waals surface area contributed by atoms with E-state index in [2.05, 4.69) is 20.8 Å². The molecule has 0 aliphatic carbocycles. The summed E-state index contributed by atoms with van der Waals surface area (Å²) in [5.41, 5.74) is 6.00. The van der Waals surface area contributed by atoms with E-state index in [1.54, 1.807) is 7.11 Å². The zero-order valence-corrected chi connectivity index (χ0v) is 8.84. The monoisotopic (exact) mass is 173 g/mol. The maximum absolute atomic E-state index is 6.00. The van der Waals surface area contributed by atoms with Gasteiger partial charge in [-0.3, -0.25) is 0 Å². The molecule has 0 spiro atoms. The third kappa shape index (κ3) is 4.73. The van der Waals surface area contributed by atoms with Crippen LogP contribution in [0, 0.1) is 11.8 Å². The third-order valence-corrected chi connectivity index (χ3v) is 2.50. The first kappa shape index (κ1) is 11.9. The summed E-state index contributed by atoms with van der Waals surface area (Å²) in [5, 5.41) is 0. The van der Waals surface area contributed by atoms with E-state index >= 15 is 0 Å². The van der Waals surface area contributed by atoms with Crippen molar-refractivity contribution in [1.82, 2.24) is 0 Å². The van der Waals surface area contributed by atoms with Crippen LogP contribution in [0.1, 0.15) is 33.6 Å². The Bertz CT molecular complexity index is 106. The molecule has 2 N–H and O–H groups in total. The van der Waals surface area contributed by atoms with Gasteiger partial charge in [-0.15, -0.1) is 0 Å². The molecule has 0 aliphatic heterocycles. The van der Waals surface area contributed by atoms with Crippen LogP contribution in [0.15, 0.2) is 0 Å². The highest BCUT2D eigenvalue weighted by atomic mass is 16.5. The summed E-state index contributed by atoms with van der Waals surface area (Å²) in [7, 11) is 1.74. The molecule has 2 heteroatoms. The lowest BCUT2D eigenvalue weighted by Gasteiger charge is -2.21. The average Bonchev–Trinajstić information content (AvgIpc) is 2.03. The van der Waals surface area contributed by atoms with Gasteiger partial charge in [-0.05, 0) is 18.3 Å². The number of methoxy groups -OCH3 is 1. The molecule has 12 heavy (non-hydrogen) atoms. The minimum Gasteiger partial charge on any atom is -0.384 e. The molecule has 3 atom stereocenters. The predicted molar refractivity (Wildman–Crippen MR) is 53.1 cm³/mol. The van der Waals surface area contributed by atoms with Crippen molar-refractivity contribution in [2.45, 2.75) is 39.7 Å². The van der Waals surface area contributed by atoms with Crippen LogP contribution in [0.5, 0.6) is 0 Å². The van der Waals surface area contributed by atoms with Crippen molar-refractivity contribution in [3.63, 3.8) is 0 Å². The summed E-state index contributed by atoms with van der Waals surface area (Å²) < 4.78 is 5.06. The van der Waals surface area contributed by atoms with E-state index < -0.39 is 0 Å². The maximum Gasteiger partial charge on any atom is 0.0488 e. The van der Waals surface area contributed by atoms with Crippen molar-refractivity contribution in [3.8, 4) is 0 Å². The second-order valence-corrected chi connectivity index (χ2v) is 3.85. The van der Waals surface area contributed by atoms with Crippen LogP contribution < -0.4 is 5.73 Å². The molecule has 0 saturated carbocycles. The molecule has 0 amide bonds. The Morgan fingerprint density at radius 1 is 1.33 bits per heavy atom. The van der Waals surface area contributed by atoms with Gasteiger partial charge in [0.25, 0.3) is 0 Å². The van der Waals surface area contributed by atoms with E-state index in [1.807, 2.05) is 0 Å². The summed E-state index contributed by atoms with van der Waals surface area (Å²) in [6.07, 6.45) is 2.24. The molecule has 3 unspecified atom stereocenters. The maximum atomic E-state index is 6.00. The standard InChI is InChI=1S/C10H23NO/c1-5-9(3)10(11)6-8(2)7-12-4/h8-10H,5-7,11H2,1-4H3. The fourth-order valence-electron chi connectivity index (χ4n) is 1.35. The fraction of sp³-hybridized carbons (Fsp3) is 1.00. The van der Waals surface area contributed by atoms with Gasteiger partial charge in [0.05, 0.1) is 0 Å². The van der Waals surface area contributed by atoms with Gasteiger partial charge >= 0.3 is 0 Å². The highest BCUT2D eigenvalue weighted by molar-refractivity contribution is 4.70. The van der Waals surface area contributed by atoms with Gasteiger partial charge in [-0.25, -0.2) is 0 Å². The Kier molecular flexibility index (Phi) is 6.39. The minimum atomic E-state index is 0.333. The fourth-order valence-corrected chi connectivity index (χ4v) is 1.35. The van der Waals surface area contributed by atoms with Gasteiger partial charge in [-0.1, -0.05) is 27.2 Å². The van der Waals surface area contributed by atoms with E-state index in [9.17, 15) is 0 Å². The summed E-state index contributed by atoms with van der Waals surface area (Å²) >= 11 is 0. The lowest BCUT2D eigenvalue weighted by atomic mass is 9.92. The minimum absolute atomic E-state index is 0.333. The molecule has 0 heterocycles. The van der Waals surface area contributed by atoms with E-state index in [0.717, 1.165) is 13.0 Å². The molecule has 74 valence electrons. The summed E-state index contributed by atoms with van der Waals surface area (Å²) in [6.45, 7) is 7.41. The highest BCUT2D eigenvalue weighted by Crippen LogP contribution is 2.13. The Hall–Kier alpha value is -0.0800. The quantitative estimate of drug-likeness (QED) is 0.667. The van der Waals surface area contributed by atoms with Gasteiger partial charge < -0.3 is 10.5 Å². The molecule has 0 radical (unpaired) electrons. The first-order valence-electron chi connectivity index (χ1n) is 4.86. The molecule has 0 bridgehead atoms. The van der Waals surface area contributed by atoms with Crippen molar-refractivity contribution in [2.75, 3.05) is 13.7 Å². The smallest absolute Gasteiger partial charge is 0.0488 e. The van der Waals surface area contributed by atoms with Gasteiger partial charge in [0.2, 0.25) is 0 Å². The van der Waals surface area contributed by atoms with Crippen LogP contribution in [0.25, 0.3) is 0 Å². The number of ether oxygens (including phenoxy) is 1. The lowest BCUT2D eigenvalue weighted by Crippen LogP contribution is -2.30. The van der Waals surface area contributed by atoms with Crippen LogP contribution in [0.2, 0.25) is 0 Å². The number of hydrogen-bond acceptors (Lipinski definition) is 2. The molecule has 0 aromatic carbocycles. The van der Waals surface area contributed by atoms with Crippen molar-refractivity contribution >= 4 is 0 Å². The van der Waals surface area contributed by atoms with Crippen molar-refractivity contribution < 1.29 is 4.74 Å². The van der Waals surface area contributed by atoms with Crippen molar-refractivity contribution in [1.29, 1.82) is 0 Å². The van der Waals surface area contributed by atoms with E-state index in [4.69, 9.17) is 10.5 Å². The largest absolute Gasteiger partial charge is 0.384 e. The number of hydrogen-bond donors (Lipinski definition) is 1. The molecule has 0 saturated heterocycles. The molecule has 0 aromatic heterocycles. The van der Waals surface area contributed by atoms with Crippen LogP contribution in [-0.4, -0.2) is 19.8 Å². The Labute approximate surface area is 76.5 Å². The number of nitrogens with two attached hydrogens (primary N) is 1. The SMILES string of the molecule is CCC(C)C(N)CC(C)COC. The lowest BCUT2D eigenvalue weighted by molar-refractivity contribution is 0.148. The topological polar surface area (TPSA) is 35.2 Å². The van der Waals surface area contributed by atoms with Crippen molar-refractivity contribution in [2.24, 2.45) is 17.6 Å². The normalized spacial score (nSPS) is 18.8. The van der Waals surface area contributed by atoms with Gasteiger partial charge in [0.15, 0.2) is 0 Å². The first-order valence-corrected chi connectivity index (χ1v) is 4.86. The summed E-state index contributed by atoms with van der Waals surface area (Å²) in [4.78, 5) is 0. The summed E-state index contributed by atoms with van der Waals surface area (Å²) in [5.74, 6) is 1.21. The zero-order valence-electron chi connectivity index (χ0n) is 8.84.